The summed E-state index contributed by atoms with van der Waals surface area (Å²) in [5.74, 6) is 0. The van der Waals surface area contributed by atoms with Gasteiger partial charge in [-0.25, -0.2) is 0 Å². The van der Waals surface area contributed by atoms with E-state index in [2.05, 4.69) is 11.8 Å². The van der Waals surface area contributed by atoms with Crippen molar-refractivity contribution in [3.8, 4) is 0 Å². The van der Waals surface area contributed by atoms with Crippen molar-refractivity contribution < 1.29 is 4.92 Å². The van der Waals surface area contributed by atoms with Crippen LogP contribution < -0.4 is 10.6 Å². The van der Waals surface area contributed by atoms with Gasteiger partial charge in [0.1, 0.15) is 0 Å². The van der Waals surface area contributed by atoms with E-state index >= 15 is 0 Å². The summed E-state index contributed by atoms with van der Waals surface area (Å²) in [6.45, 7) is 4.75. The molecule has 1 aliphatic heterocycles. The quantitative estimate of drug-likeness (QED) is 0.672. The summed E-state index contributed by atoms with van der Waals surface area (Å²) in [6.07, 6.45) is 3.34. The number of anilines is 1. The molecule has 0 aromatic heterocycles. The molecule has 2 rings (SSSR count). The molecule has 2 unspecified atom stereocenters. The van der Waals surface area contributed by atoms with Gasteiger partial charge in [0.15, 0.2) is 0 Å². The number of nitrogens with zero attached hydrogens (tertiary/aromatic N) is 2. The number of nitro benzene ring substituents is 1. The average Bonchev–Trinajstić information content (AvgIpc) is 2.39. The van der Waals surface area contributed by atoms with E-state index in [0.29, 0.717) is 12.6 Å². The molecule has 19 heavy (non-hydrogen) atoms. The van der Waals surface area contributed by atoms with Gasteiger partial charge in [-0.1, -0.05) is 6.07 Å². The van der Waals surface area contributed by atoms with Crippen LogP contribution in [0.2, 0.25) is 0 Å². The van der Waals surface area contributed by atoms with Crippen molar-refractivity contribution in [2.75, 3.05) is 11.4 Å². The Morgan fingerprint density at radius 2 is 2.21 bits per heavy atom. The lowest BCUT2D eigenvalue weighted by Gasteiger charge is -2.42. The normalized spacial score (nSPS) is 23.4. The lowest BCUT2D eigenvalue weighted by Crippen LogP contribution is -2.49. The Hall–Kier alpha value is -1.62. The first-order valence-electron chi connectivity index (χ1n) is 6.78. The molecule has 5 heteroatoms. The van der Waals surface area contributed by atoms with Gasteiger partial charge in [-0.05, 0) is 38.7 Å². The number of rotatable bonds is 3. The highest BCUT2D eigenvalue weighted by molar-refractivity contribution is 5.60. The van der Waals surface area contributed by atoms with Crippen LogP contribution in [0.4, 0.5) is 11.4 Å². The summed E-state index contributed by atoms with van der Waals surface area (Å²) in [5, 5.41) is 10.9. The van der Waals surface area contributed by atoms with Gasteiger partial charge in [0.05, 0.1) is 4.92 Å². The minimum absolute atomic E-state index is 0.147. The maximum absolute atomic E-state index is 10.9. The Morgan fingerprint density at radius 3 is 2.84 bits per heavy atom. The summed E-state index contributed by atoms with van der Waals surface area (Å²) >= 11 is 0. The Kier molecular flexibility index (Phi) is 4.04. The molecule has 0 radical (unpaired) electrons. The molecule has 1 aliphatic rings. The van der Waals surface area contributed by atoms with E-state index in [1.165, 1.54) is 6.42 Å². The Morgan fingerprint density at radius 1 is 1.47 bits per heavy atom. The molecule has 2 atom stereocenters. The molecule has 1 aromatic carbocycles. The fourth-order valence-corrected chi connectivity index (χ4v) is 2.94. The summed E-state index contributed by atoms with van der Waals surface area (Å²) < 4.78 is 0. The first-order valence-corrected chi connectivity index (χ1v) is 6.78. The van der Waals surface area contributed by atoms with Gasteiger partial charge >= 0.3 is 0 Å². The molecule has 0 saturated carbocycles. The number of nitrogens with two attached hydrogens (primary N) is 1. The first kappa shape index (κ1) is 13.8. The fraction of sp³-hybridized carbons (Fsp3) is 0.571. The predicted molar refractivity (Wildman–Crippen MR) is 76.5 cm³/mol. The second kappa shape index (κ2) is 5.57. The van der Waals surface area contributed by atoms with Gasteiger partial charge in [-0.15, -0.1) is 0 Å². The SMILES string of the molecule is Cc1ccc([N+](=O)[O-])cc1N1C(C)CCCC1CN. The van der Waals surface area contributed by atoms with E-state index in [4.69, 9.17) is 5.73 Å². The lowest BCUT2D eigenvalue weighted by molar-refractivity contribution is -0.384. The number of hydrogen-bond acceptors (Lipinski definition) is 4. The van der Waals surface area contributed by atoms with Crippen LogP contribution >= 0.6 is 0 Å². The Bertz CT molecular complexity index is 476. The van der Waals surface area contributed by atoms with Crippen molar-refractivity contribution in [2.45, 2.75) is 45.2 Å². The van der Waals surface area contributed by atoms with Crippen molar-refractivity contribution in [1.82, 2.24) is 0 Å². The molecule has 5 nitrogen and oxygen atoms in total. The molecule has 0 spiro atoms. The van der Waals surface area contributed by atoms with Crippen molar-refractivity contribution in [2.24, 2.45) is 5.73 Å². The molecule has 1 heterocycles. The summed E-state index contributed by atoms with van der Waals surface area (Å²) in [5.41, 5.74) is 8.04. The standard InChI is InChI=1S/C14H21N3O2/c1-10-6-7-12(17(18)19)8-14(10)16-11(2)4-3-5-13(16)9-15/h6-8,11,13H,3-5,9,15H2,1-2H3. The summed E-state index contributed by atoms with van der Waals surface area (Å²) in [6, 6.07) is 5.72. The molecule has 0 aliphatic carbocycles. The lowest BCUT2D eigenvalue weighted by atomic mass is 9.94. The largest absolute Gasteiger partial charge is 0.364 e. The molecule has 1 aromatic rings. The Labute approximate surface area is 113 Å². The summed E-state index contributed by atoms with van der Waals surface area (Å²) in [7, 11) is 0. The highest BCUT2D eigenvalue weighted by Crippen LogP contribution is 2.33. The second-order valence-corrected chi connectivity index (χ2v) is 5.30. The van der Waals surface area contributed by atoms with Gasteiger partial charge in [-0.2, -0.15) is 0 Å². The zero-order valence-corrected chi connectivity index (χ0v) is 11.5. The fourth-order valence-electron chi connectivity index (χ4n) is 2.94. The zero-order valence-electron chi connectivity index (χ0n) is 11.5. The topological polar surface area (TPSA) is 72.4 Å². The molecule has 1 saturated heterocycles. The number of aryl methyl sites for hydroxylation is 1. The van der Waals surface area contributed by atoms with Crippen molar-refractivity contribution in [1.29, 1.82) is 0 Å². The minimum atomic E-state index is -0.338. The predicted octanol–water partition coefficient (Wildman–Crippen LogP) is 2.61. The third kappa shape index (κ3) is 2.71. The van der Waals surface area contributed by atoms with Crippen LogP contribution in [0.15, 0.2) is 18.2 Å². The van der Waals surface area contributed by atoms with E-state index in [1.807, 2.05) is 13.0 Å². The van der Waals surface area contributed by atoms with Gasteiger partial charge in [0, 0.05) is 36.4 Å². The molecule has 104 valence electrons. The van der Waals surface area contributed by atoms with Crippen LogP contribution in [0.3, 0.4) is 0 Å². The molecule has 2 N–H and O–H groups in total. The number of hydrogen-bond donors (Lipinski definition) is 1. The van der Waals surface area contributed by atoms with E-state index in [9.17, 15) is 10.1 Å². The number of nitro groups is 1. The molecule has 0 amide bonds. The van der Waals surface area contributed by atoms with Crippen LogP contribution in [0, 0.1) is 17.0 Å². The third-order valence-corrected chi connectivity index (χ3v) is 3.98. The zero-order chi connectivity index (χ0) is 14.0. The third-order valence-electron chi connectivity index (χ3n) is 3.98. The smallest absolute Gasteiger partial charge is 0.271 e. The van der Waals surface area contributed by atoms with E-state index in [0.717, 1.165) is 24.1 Å². The highest BCUT2D eigenvalue weighted by Gasteiger charge is 2.28. The van der Waals surface area contributed by atoms with Gasteiger partial charge in [0.2, 0.25) is 0 Å². The summed E-state index contributed by atoms with van der Waals surface area (Å²) in [4.78, 5) is 12.9. The first-order chi connectivity index (χ1) is 9.04. The molecule has 0 bridgehead atoms. The van der Waals surface area contributed by atoms with Gasteiger partial charge in [-0.3, -0.25) is 10.1 Å². The maximum Gasteiger partial charge on any atom is 0.271 e. The second-order valence-electron chi connectivity index (χ2n) is 5.30. The van der Waals surface area contributed by atoms with Crippen LogP contribution in [0.1, 0.15) is 31.7 Å². The van der Waals surface area contributed by atoms with Crippen molar-refractivity contribution in [3.05, 3.63) is 33.9 Å². The number of non-ortho nitro benzene ring substituents is 1. The maximum atomic E-state index is 10.9. The van der Waals surface area contributed by atoms with E-state index in [1.54, 1.807) is 12.1 Å². The Balaban J connectivity index is 2.42. The van der Waals surface area contributed by atoms with E-state index in [-0.39, 0.29) is 16.7 Å². The van der Waals surface area contributed by atoms with E-state index < -0.39 is 0 Å². The number of piperidine rings is 1. The van der Waals surface area contributed by atoms with Crippen LogP contribution in [-0.2, 0) is 0 Å². The highest BCUT2D eigenvalue weighted by atomic mass is 16.6. The van der Waals surface area contributed by atoms with Crippen LogP contribution in [-0.4, -0.2) is 23.6 Å². The minimum Gasteiger partial charge on any atom is -0.364 e. The van der Waals surface area contributed by atoms with Crippen LogP contribution in [0.5, 0.6) is 0 Å². The van der Waals surface area contributed by atoms with Gasteiger partial charge < -0.3 is 10.6 Å². The molecular weight excluding hydrogens is 242 g/mol. The van der Waals surface area contributed by atoms with Gasteiger partial charge in [0.25, 0.3) is 5.69 Å². The van der Waals surface area contributed by atoms with Crippen molar-refractivity contribution >= 4 is 11.4 Å². The average molecular weight is 263 g/mol. The number of benzene rings is 1. The molecule has 1 fully saturated rings. The monoisotopic (exact) mass is 263 g/mol. The van der Waals surface area contributed by atoms with Crippen LogP contribution in [0.25, 0.3) is 0 Å². The molecular formula is C14H21N3O2. The van der Waals surface area contributed by atoms with Crippen molar-refractivity contribution in [3.63, 3.8) is 0 Å².